The molecule has 0 N–H and O–H groups in total. The number of aryl methyl sites for hydroxylation is 2. The summed E-state index contributed by atoms with van der Waals surface area (Å²) in [5, 5.41) is 0. The summed E-state index contributed by atoms with van der Waals surface area (Å²) in [6.45, 7) is 10.2. The van der Waals surface area contributed by atoms with Crippen molar-refractivity contribution in [1.82, 2.24) is 0 Å². The van der Waals surface area contributed by atoms with E-state index in [-0.39, 0.29) is 5.78 Å². The van der Waals surface area contributed by atoms with Gasteiger partial charge in [0.05, 0.1) is 0 Å². The molecule has 1 aromatic carbocycles. The van der Waals surface area contributed by atoms with E-state index >= 15 is 0 Å². The van der Waals surface area contributed by atoms with E-state index in [0.717, 1.165) is 6.42 Å². The molecule has 0 unspecified atom stereocenters. The molecule has 0 saturated carbocycles. The Morgan fingerprint density at radius 1 is 1.20 bits per heavy atom. The van der Waals surface area contributed by atoms with Crippen LogP contribution in [-0.2, 0) is 17.6 Å². The lowest BCUT2D eigenvalue weighted by Crippen LogP contribution is -2.06. The summed E-state index contributed by atoms with van der Waals surface area (Å²) in [6, 6.07) is 2.22. The van der Waals surface area contributed by atoms with Gasteiger partial charge in [-0.1, -0.05) is 13.0 Å². The van der Waals surface area contributed by atoms with E-state index in [2.05, 4.69) is 33.8 Å². The fraction of sp³-hybridized carbons (Fsp3) is 0.500. The fourth-order valence-corrected chi connectivity index (χ4v) is 2.03. The van der Waals surface area contributed by atoms with E-state index in [4.69, 9.17) is 0 Å². The van der Waals surface area contributed by atoms with Gasteiger partial charge in [0.15, 0.2) is 0 Å². The summed E-state index contributed by atoms with van der Waals surface area (Å²) in [5.74, 6) is 0.246. The Labute approximate surface area is 92.5 Å². The van der Waals surface area contributed by atoms with Gasteiger partial charge in [0, 0.05) is 6.42 Å². The molecular formula is C14H20O. The van der Waals surface area contributed by atoms with Crippen LogP contribution in [0.15, 0.2) is 6.07 Å². The van der Waals surface area contributed by atoms with Gasteiger partial charge < -0.3 is 0 Å². The van der Waals surface area contributed by atoms with Crippen molar-refractivity contribution < 1.29 is 4.79 Å². The van der Waals surface area contributed by atoms with Crippen LogP contribution in [0.3, 0.4) is 0 Å². The first kappa shape index (κ1) is 12.0. The maximum Gasteiger partial charge on any atom is 0.134 e. The largest absolute Gasteiger partial charge is 0.300 e. The molecule has 0 aromatic heterocycles. The van der Waals surface area contributed by atoms with Crippen LogP contribution < -0.4 is 0 Å². The Hall–Kier alpha value is -1.11. The molecule has 0 fully saturated rings. The second-order valence-electron chi connectivity index (χ2n) is 4.31. The average molecular weight is 204 g/mol. The van der Waals surface area contributed by atoms with Crippen LogP contribution in [0.25, 0.3) is 0 Å². The van der Waals surface area contributed by atoms with Crippen molar-refractivity contribution in [3.05, 3.63) is 33.9 Å². The van der Waals surface area contributed by atoms with Gasteiger partial charge in [-0.15, -0.1) is 0 Å². The second-order valence-corrected chi connectivity index (χ2v) is 4.31. The molecule has 0 bridgehead atoms. The lowest BCUT2D eigenvalue weighted by molar-refractivity contribution is -0.116. The Morgan fingerprint density at radius 2 is 1.80 bits per heavy atom. The molecule has 15 heavy (non-hydrogen) atoms. The highest BCUT2D eigenvalue weighted by Gasteiger charge is 2.10. The number of Topliss-reactive ketones (excluding diaryl/α,β-unsaturated/α-hetero) is 1. The third-order valence-electron chi connectivity index (χ3n) is 3.19. The van der Waals surface area contributed by atoms with Gasteiger partial charge in [-0.05, 0) is 61.9 Å². The molecule has 0 spiro atoms. The molecule has 1 heteroatoms. The van der Waals surface area contributed by atoms with Crippen LogP contribution in [0, 0.1) is 20.8 Å². The van der Waals surface area contributed by atoms with E-state index in [1.807, 2.05) is 0 Å². The zero-order chi connectivity index (χ0) is 11.6. The molecule has 1 nitrogen and oxygen atoms in total. The van der Waals surface area contributed by atoms with Gasteiger partial charge >= 0.3 is 0 Å². The maximum atomic E-state index is 11.2. The normalized spacial score (nSPS) is 10.5. The van der Waals surface area contributed by atoms with E-state index < -0.39 is 0 Å². The predicted octanol–water partition coefficient (Wildman–Crippen LogP) is 3.31. The highest BCUT2D eigenvalue weighted by atomic mass is 16.1. The first-order valence-electron chi connectivity index (χ1n) is 5.55. The predicted molar refractivity (Wildman–Crippen MR) is 64.4 cm³/mol. The second kappa shape index (κ2) is 4.61. The number of carbonyl (C=O) groups excluding carboxylic acids is 1. The molecule has 0 aliphatic rings. The summed E-state index contributed by atoms with van der Waals surface area (Å²) in [7, 11) is 0. The number of hydrogen-bond donors (Lipinski definition) is 0. The van der Waals surface area contributed by atoms with Crippen LogP contribution in [0.5, 0.6) is 0 Å². The zero-order valence-corrected chi connectivity index (χ0v) is 10.4. The number of hydrogen-bond acceptors (Lipinski definition) is 1. The third-order valence-corrected chi connectivity index (χ3v) is 3.19. The molecule has 0 saturated heterocycles. The topological polar surface area (TPSA) is 17.1 Å². The fourth-order valence-electron chi connectivity index (χ4n) is 2.03. The lowest BCUT2D eigenvalue weighted by atomic mass is 9.90. The first-order valence-corrected chi connectivity index (χ1v) is 5.55. The molecule has 0 radical (unpaired) electrons. The number of benzene rings is 1. The minimum absolute atomic E-state index is 0.246. The molecule has 0 aliphatic carbocycles. The van der Waals surface area contributed by atoms with Gasteiger partial charge in [0.2, 0.25) is 0 Å². The molecule has 0 heterocycles. The average Bonchev–Trinajstić information content (AvgIpc) is 2.18. The van der Waals surface area contributed by atoms with Crippen LogP contribution >= 0.6 is 0 Å². The number of carbonyl (C=O) groups is 1. The Kier molecular flexibility index (Phi) is 3.67. The standard InChI is InChI=1S/C14H20O/c1-6-13-7-9(2)11(4)12(5)14(13)8-10(3)15/h7H,6,8H2,1-5H3. The van der Waals surface area contributed by atoms with Crippen molar-refractivity contribution in [3.63, 3.8) is 0 Å². The molecule has 0 amide bonds. The Bertz CT molecular complexity index is 389. The highest BCUT2D eigenvalue weighted by molar-refractivity contribution is 5.79. The van der Waals surface area contributed by atoms with E-state index in [9.17, 15) is 4.79 Å². The van der Waals surface area contributed by atoms with Crippen molar-refractivity contribution in [2.45, 2.75) is 47.5 Å². The van der Waals surface area contributed by atoms with Gasteiger partial charge in [-0.25, -0.2) is 0 Å². The van der Waals surface area contributed by atoms with Crippen LogP contribution in [0.2, 0.25) is 0 Å². The smallest absolute Gasteiger partial charge is 0.134 e. The minimum Gasteiger partial charge on any atom is -0.300 e. The highest BCUT2D eigenvalue weighted by Crippen LogP contribution is 2.23. The summed E-state index contributed by atoms with van der Waals surface area (Å²) in [5.41, 5.74) is 6.51. The van der Waals surface area contributed by atoms with Gasteiger partial charge in [-0.2, -0.15) is 0 Å². The van der Waals surface area contributed by atoms with Crippen molar-refractivity contribution in [3.8, 4) is 0 Å². The van der Waals surface area contributed by atoms with E-state index in [1.165, 1.54) is 27.8 Å². The SMILES string of the molecule is CCc1cc(C)c(C)c(C)c1CC(C)=O. The van der Waals surface area contributed by atoms with E-state index in [1.54, 1.807) is 6.92 Å². The quantitative estimate of drug-likeness (QED) is 0.738. The van der Waals surface area contributed by atoms with Gasteiger partial charge in [-0.3, -0.25) is 4.79 Å². The minimum atomic E-state index is 0.246. The zero-order valence-electron chi connectivity index (χ0n) is 10.4. The van der Waals surface area contributed by atoms with Crippen LogP contribution in [0.4, 0.5) is 0 Å². The van der Waals surface area contributed by atoms with E-state index in [0.29, 0.717) is 6.42 Å². The van der Waals surface area contributed by atoms with Gasteiger partial charge in [0.25, 0.3) is 0 Å². The molecule has 0 atom stereocenters. The van der Waals surface area contributed by atoms with Crippen LogP contribution in [0.1, 0.15) is 41.7 Å². The molecule has 1 rings (SSSR count). The summed E-state index contributed by atoms with van der Waals surface area (Å²) in [6.07, 6.45) is 1.58. The van der Waals surface area contributed by atoms with Crippen molar-refractivity contribution >= 4 is 5.78 Å². The van der Waals surface area contributed by atoms with Crippen molar-refractivity contribution in [2.24, 2.45) is 0 Å². The summed E-state index contributed by atoms with van der Waals surface area (Å²) < 4.78 is 0. The first-order chi connectivity index (χ1) is 6.97. The molecular weight excluding hydrogens is 184 g/mol. The maximum absolute atomic E-state index is 11.2. The van der Waals surface area contributed by atoms with Crippen LogP contribution in [-0.4, -0.2) is 5.78 Å². The summed E-state index contributed by atoms with van der Waals surface area (Å²) >= 11 is 0. The molecule has 1 aromatic rings. The summed E-state index contributed by atoms with van der Waals surface area (Å²) in [4.78, 5) is 11.2. The lowest BCUT2D eigenvalue weighted by Gasteiger charge is -2.15. The molecule has 0 aliphatic heterocycles. The number of ketones is 1. The Balaban J connectivity index is 3.33. The number of rotatable bonds is 3. The Morgan fingerprint density at radius 3 is 2.27 bits per heavy atom. The molecule has 82 valence electrons. The van der Waals surface area contributed by atoms with Crippen molar-refractivity contribution in [2.75, 3.05) is 0 Å². The third kappa shape index (κ3) is 2.47. The van der Waals surface area contributed by atoms with Gasteiger partial charge in [0.1, 0.15) is 5.78 Å². The van der Waals surface area contributed by atoms with Crippen molar-refractivity contribution in [1.29, 1.82) is 0 Å². The monoisotopic (exact) mass is 204 g/mol.